The normalized spacial score (nSPS) is 12.3. The van der Waals surface area contributed by atoms with Crippen LogP contribution in [0.3, 0.4) is 0 Å². The van der Waals surface area contributed by atoms with Crippen molar-refractivity contribution in [1.82, 2.24) is 19.9 Å². The Morgan fingerprint density at radius 3 is 0.638 bits per heavy atom. The Hall–Kier alpha value is -5.24. The highest BCUT2D eigenvalue weighted by Gasteiger charge is 2.29. The summed E-state index contributed by atoms with van der Waals surface area (Å²) in [6.45, 7) is 25.9. The molecular weight excluding hydrogens is 1420 g/mol. The second-order valence-electron chi connectivity index (χ2n) is 38.4. The van der Waals surface area contributed by atoms with Crippen LogP contribution in [0.5, 0.6) is 23.0 Å². The van der Waals surface area contributed by atoms with Crippen LogP contribution < -0.4 is 18.9 Å². The Labute approximate surface area is 711 Å². The standard InChI is InChI=1S/C108H174N4O4/c1-11-15-19-23-27-31-35-39-43-47-51-55-59-63-67-71-77-113-96-83-92-93(84-97(96)114-78-72-68-64-60-56-52-48-44-40-36-32-28-24-20-16-12-2)110-104-89-81-87(107(5,6)7)82-90-100(89)101-88(103(104)109-92)75-76-91(108(8,9)10)102(101)106-105(90)111-94-85-98(115-79-73-69-65-61-57-53-49-45-41-37-33-29-25-21-17-13-3)99(86-95(94)112-106)116-80-74-70-66-62-58-54-50-46-42-38-34-30-26-22-18-14-4/h75-76,81-86H,11-74,77-80H2,1-10H3. The number of fused-ring (bicyclic) bond motifs is 8. The molecular formula is C108H174N4O4. The highest BCUT2D eigenvalue weighted by atomic mass is 16.5. The summed E-state index contributed by atoms with van der Waals surface area (Å²) in [5.41, 5.74) is 9.01. The lowest BCUT2D eigenvalue weighted by Crippen LogP contribution is -2.13. The monoisotopic (exact) mass is 1590 g/mol. The highest BCUT2D eigenvalue weighted by Crippen LogP contribution is 2.49. The van der Waals surface area contributed by atoms with Crippen LogP contribution in [0.2, 0.25) is 0 Å². The maximum Gasteiger partial charge on any atom is 0.163 e. The van der Waals surface area contributed by atoms with Gasteiger partial charge in [0, 0.05) is 56.6 Å². The van der Waals surface area contributed by atoms with E-state index in [-0.39, 0.29) is 10.8 Å². The molecule has 8 nitrogen and oxygen atoms in total. The highest BCUT2D eigenvalue weighted by molar-refractivity contribution is 6.39. The molecule has 8 rings (SSSR count). The van der Waals surface area contributed by atoms with Crippen molar-refractivity contribution < 1.29 is 18.9 Å². The van der Waals surface area contributed by atoms with Crippen LogP contribution in [0.1, 0.15) is 491 Å². The van der Waals surface area contributed by atoms with E-state index in [1.807, 2.05) is 0 Å². The van der Waals surface area contributed by atoms with Crippen LogP contribution in [0.15, 0.2) is 48.5 Å². The molecule has 2 aromatic heterocycles. The van der Waals surface area contributed by atoms with Gasteiger partial charge < -0.3 is 18.9 Å². The Morgan fingerprint density at radius 2 is 0.414 bits per heavy atom. The first-order valence-corrected chi connectivity index (χ1v) is 50.5. The van der Waals surface area contributed by atoms with Crippen LogP contribution in [-0.4, -0.2) is 46.4 Å². The fraction of sp³-hybridized carbons (Fsp3) is 0.741. The molecule has 0 aliphatic rings. The third-order valence-electron chi connectivity index (χ3n) is 25.8. The average Bonchev–Trinajstić information content (AvgIpc) is 0.686. The van der Waals surface area contributed by atoms with Gasteiger partial charge in [0.05, 0.1) is 70.6 Å². The van der Waals surface area contributed by atoms with Gasteiger partial charge in [-0.05, 0) is 59.8 Å². The van der Waals surface area contributed by atoms with E-state index in [2.05, 4.69) is 118 Å². The first-order valence-electron chi connectivity index (χ1n) is 50.5. The maximum absolute atomic E-state index is 6.89. The van der Waals surface area contributed by atoms with Crippen LogP contribution in [0.4, 0.5) is 0 Å². The molecule has 0 aliphatic heterocycles. The van der Waals surface area contributed by atoms with Crippen LogP contribution in [0.25, 0.3) is 76.5 Å². The molecule has 2 heterocycles. The minimum Gasteiger partial charge on any atom is -0.490 e. The molecule has 0 radical (unpaired) electrons. The van der Waals surface area contributed by atoms with E-state index in [0.29, 0.717) is 26.4 Å². The van der Waals surface area contributed by atoms with Gasteiger partial charge >= 0.3 is 0 Å². The molecule has 0 atom stereocenters. The molecule has 0 amide bonds. The Balaban J connectivity index is 1.03. The lowest BCUT2D eigenvalue weighted by molar-refractivity contribution is 0.259. The fourth-order valence-corrected chi connectivity index (χ4v) is 18.3. The van der Waals surface area contributed by atoms with E-state index in [0.717, 1.165) is 114 Å². The first-order chi connectivity index (χ1) is 56.9. The summed E-state index contributed by atoms with van der Waals surface area (Å²) in [6, 6.07) is 18.1. The molecule has 6 aromatic carbocycles. The number of hydrogen-bond acceptors (Lipinski definition) is 8. The van der Waals surface area contributed by atoms with Gasteiger partial charge in [0.1, 0.15) is 0 Å². The predicted octanol–water partition coefficient (Wildman–Crippen LogP) is 35.9. The van der Waals surface area contributed by atoms with Crippen molar-refractivity contribution in [3.63, 3.8) is 0 Å². The van der Waals surface area contributed by atoms with E-state index >= 15 is 0 Å². The molecule has 650 valence electrons. The molecule has 8 aromatic rings. The number of hydrogen-bond donors (Lipinski definition) is 0. The lowest BCUT2D eigenvalue weighted by atomic mass is 9.78. The topological polar surface area (TPSA) is 88.5 Å². The quantitative estimate of drug-likeness (QED) is 0.0212. The number of rotatable bonds is 72. The molecule has 0 aliphatic carbocycles. The second-order valence-corrected chi connectivity index (χ2v) is 38.4. The van der Waals surface area contributed by atoms with Crippen molar-refractivity contribution >= 4 is 76.5 Å². The smallest absolute Gasteiger partial charge is 0.163 e. The van der Waals surface area contributed by atoms with Gasteiger partial charge in [-0.2, -0.15) is 0 Å². The van der Waals surface area contributed by atoms with E-state index in [1.54, 1.807) is 0 Å². The SMILES string of the molecule is CCCCCCCCCCCCCCCCCCOc1cc2nc3c4cc(C(C)(C)C)cc5c6nc7cc(OCCCCCCCCCCCCCCCCCC)c(OCCCCCCCCCCCCCCCCCC)cc7nc6c6c(C(C)(C)C)ccc(c3nc2cc1OCCCCCCCCCCCCCCCCCC)c6c45. The third kappa shape index (κ3) is 34.3. The molecule has 0 saturated heterocycles. The molecule has 0 spiro atoms. The van der Waals surface area contributed by atoms with E-state index in [1.165, 1.54) is 407 Å². The van der Waals surface area contributed by atoms with Gasteiger partial charge in [-0.1, -0.05) is 467 Å². The second kappa shape index (κ2) is 57.1. The number of benzene rings is 6. The van der Waals surface area contributed by atoms with Gasteiger partial charge in [0.25, 0.3) is 0 Å². The third-order valence-corrected chi connectivity index (χ3v) is 25.8. The molecule has 8 heteroatoms. The molecule has 0 saturated carbocycles. The summed E-state index contributed by atoms with van der Waals surface area (Å²) < 4.78 is 27.5. The van der Waals surface area contributed by atoms with E-state index in [9.17, 15) is 0 Å². The molecule has 0 N–H and O–H groups in total. The minimum absolute atomic E-state index is 0.188. The van der Waals surface area contributed by atoms with Crippen LogP contribution >= 0.6 is 0 Å². The summed E-state index contributed by atoms with van der Waals surface area (Å²) in [4.78, 5) is 23.2. The summed E-state index contributed by atoms with van der Waals surface area (Å²) in [5.74, 6) is 3.12. The minimum atomic E-state index is -0.219. The van der Waals surface area contributed by atoms with E-state index < -0.39 is 0 Å². The zero-order valence-corrected chi connectivity index (χ0v) is 77.1. The zero-order valence-electron chi connectivity index (χ0n) is 77.1. The predicted molar refractivity (Wildman–Crippen MR) is 509 cm³/mol. The number of unbranched alkanes of at least 4 members (excludes halogenated alkanes) is 60. The van der Waals surface area contributed by atoms with Crippen molar-refractivity contribution in [3.8, 4) is 23.0 Å². The summed E-state index contributed by atoms with van der Waals surface area (Å²) in [7, 11) is 0. The Morgan fingerprint density at radius 1 is 0.207 bits per heavy atom. The summed E-state index contributed by atoms with van der Waals surface area (Å²) in [6.07, 6.45) is 86.2. The molecule has 0 bridgehead atoms. The van der Waals surface area contributed by atoms with E-state index in [4.69, 9.17) is 38.9 Å². The Kier molecular flexibility index (Phi) is 47.4. The molecule has 0 fully saturated rings. The van der Waals surface area contributed by atoms with Gasteiger partial charge in [-0.3, -0.25) is 0 Å². The number of nitrogens with zero attached hydrogens (tertiary/aromatic N) is 4. The van der Waals surface area contributed by atoms with Crippen molar-refractivity contribution in [2.45, 2.75) is 491 Å². The number of aromatic nitrogens is 4. The number of ether oxygens (including phenoxy) is 4. The van der Waals surface area contributed by atoms with Crippen LogP contribution in [0, 0.1) is 0 Å². The maximum atomic E-state index is 6.89. The first kappa shape index (κ1) is 96.2. The zero-order chi connectivity index (χ0) is 81.9. The summed E-state index contributed by atoms with van der Waals surface area (Å²) >= 11 is 0. The lowest BCUT2D eigenvalue weighted by Gasteiger charge is -2.26. The van der Waals surface area contributed by atoms with Gasteiger partial charge in [-0.15, -0.1) is 0 Å². The van der Waals surface area contributed by atoms with Crippen LogP contribution in [-0.2, 0) is 10.8 Å². The van der Waals surface area contributed by atoms with Crippen molar-refractivity contribution in [2.75, 3.05) is 26.4 Å². The van der Waals surface area contributed by atoms with Crippen molar-refractivity contribution in [2.24, 2.45) is 0 Å². The van der Waals surface area contributed by atoms with Crippen molar-refractivity contribution in [1.29, 1.82) is 0 Å². The van der Waals surface area contributed by atoms with Gasteiger partial charge in [0.15, 0.2) is 23.0 Å². The largest absolute Gasteiger partial charge is 0.490 e. The van der Waals surface area contributed by atoms with Gasteiger partial charge in [0.2, 0.25) is 0 Å². The summed E-state index contributed by atoms with van der Waals surface area (Å²) in [5, 5.41) is 6.79. The molecule has 0 unspecified atom stereocenters. The Bertz CT molecular complexity index is 3880. The molecule has 116 heavy (non-hydrogen) atoms. The van der Waals surface area contributed by atoms with Crippen molar-refractivity contribution in [3.05, 3.63) is 59.7 Å². The fourth-order valence-electron chi connectivity index (χ4n) is 18.3. The van der Waals surface area contributed by atoms with Gasteiger partial charge in [-0.25, -0.2) is 19.9 Å². The average molecular weight is 1590 g/mol.